The molecule has 8 heteroatoms. The lowest BCUT2D eigenvalue weighted by Crippen LogP contribution is -2.46. The average molecular weight is 488 g/mol. The molecule has 0 radical (unpaired) electrons. The number of nitrogens with one attached hydrogen (secondary N) is 1. The number of amides is 1. The van der Waals surface area contributed by atoms with Crippen LogP contribution in [0.3, 0.4) is 0 Å². The normalized spacial score (nSPS) is 15.8. The van der Waals surface area contributed by atoms with E-state index in [1.165, 1.54) is 4.31 Å². The van der Waals surface area contributed by atoms with Crippen molar-refractivity contribution < 1.29 is 17.9 Å². The van der Waals surface area contributed by atoms with Gasteiger partial charge in [0.05, 0.1) is 11.5 Å². The van der Waals surface area contributed by atoms with Crippen molar-refractivity contribution in [2.24, 2.45) is 5.41 Å². The van der Waals surface area contributed by atoms with Crippen LogP contribution in [0.15, 0.2) is 47.4 Å². The molecule has 2 aromatic rings. The van der Waals surface area contributed by atoms with E-state index >= 15 is 0 Å². The van der Waals surface area contributed by atoms with Gasteiger partial charge in [0.25, 0.3) is 0 Å². The molecule has 0 aliphatic carbocycles. The highest BCUT2D eigenvalue weighted by molar-refractivity contribution is 7.89. The van der Waals surface area contributed by atoms with E-state index in [2.05, 4.69) is 16.3 Å². The lowest BCUT2D eigenvalue weighted by molar-refractivity contribution is -0.124. The lowest BCUT2D eigenvalue weighted by Gasteiger charge is -2.31. The molecule has 1 amide bonds. The molecule has 1 heterocycles. The standard InChI is InChI=1S/C26H37N3O4S/c1-20-7-8-21(2)24(19-20)33-18-6-13-26(3,4)25(30)27-22-9-11-23(12-10-22)34(31,32)29-16-14-28(5)15-17-29/h7-12,19H,6,13-18H2,1-5H3,(H,27,30). The van der Waals surface area contributed by atoms with Crippen molar-refractivity contribution >= 4 is 21.6 Å². The Morgan fingerprint density at radius 3 is 2.32 bits per heavy atom. The number of piperazine rings is 1. The van der Waals surface area contributed by atoms with E-state index in [9.17, 15) is 13.2 Å². The third-order valence-electron chi connectivity index (χ3n) is 6.37. The van der Waals surface area contributed by atoms with Crippen molar-refractivity contribution in [3.8, 4) is 5.75 Å². The minimum absolute atomic E-state index is 0.103. The number of sulfonamides is 1. The second-order valence-electron chi connectivity index (χ2n) is 9.79. The van der Waals surface area contributed by atoms with Crippen molar-refractivity contribution in [3.05, 3.63) is 53.6 Å². The lowest BCUT2D eigenvalue weighted by atomic mass is 9.87. The van der Waals surface area contributed by atoms with Gasteiger partial charge in [-0.25, -0.2) is 8.42 Å². The summed E-state index contributed by atoms with van der Waals surface area (Å²) in [7, 11) is -1.54. The fourth-order valence-corrected chi connectivity index (χ4v) is 5.28. The van der Waals surface area contributed by atoms with Gasteiger partial charge in [0.15, 0.2) is 0 Å². The van der Waals surface area contributed by atoms with Crippen LogP contribution >= 0.6 is 0 Å². The van der Waals surface area contributed by atoms with Crippen LogP contribution in [0.1, 0.15) is 37.8 Å². The van der Waals surface area contributed by atoms with Crippen LogP contribution < -0.4 is 10.1 Å². The first-order valence-electron chi connectivity index (χ1n) is 11.8. The predicted molar refractivity (Wildman–Crippen MR) is 136 cm³/mol. The summed E-state index contributed by atoms with van der Waals surface area (Å²) in [5.41, 5.74) is 2.25. The van der Waals surface area contributed by atoms with Crippen LogP contribution in [0.5, 0.6) is 5.75 Å². The van der Waals surface area contributed by atoms with Crippen LogP contribution in [-0.4, -0.2) is 63.4 Å². The van der Waals surface area contributed by atoms with Gasteiger partial charge in [-0.15, -0.1) is 0 Å². The molecule has 34 heavy (non-hydrogen) atoms. The zero-order valence-corrected chi connectivity index (χ0v) is 21.7. The summed E-state index contributed by atoms with van der Waals surface area (Å²) in [6, 6.07) is 12.6. The molecule has 0 saturated carbocycles. The van der Waals surface area contributed by atoms with Crippen molar-refractivity contribution in [2.75, 3.05) is 45.2 Å². The highest BCUT2D eigenvalue weighted by Gasteiger charge is 2.29. The maximum atomic E-state index is 12.9. The maximum absolute atomic E-state index is 12.9. The number of anilines is 1. The molecule has 0 bridgehead atoms. The molecular formula is C26H37N3O4S. The van der Waals surface area contributed by atoms with Gasteiger partial charge >= 0.3 is 0 Å². The van der Waals surface area contributed by atoms with E-state index in [-0.39, 0.29) is 10.8 Å². The van der Waals surface area contributed by atoms with Gasteiger partial charge in [-0.2, -0.15) is 4.31 Å². The van der Waals surface area contributed by atoms with Gasteiger partial charge in [-0.1, -0.05) is 26.0 Å². The fourth-order valence-electron chi connectivity index (χ4n) is 3.86. The van der Waals surface area contributed by atoms with Crippen molar-refractivity contribution in [2.45, 2.75) is 45.4 Å². The molecule has 1 saturated heterocycles. The molecule has 0 unspecified atom stereocenters. The van der Waals surface area contributed by atoms with Crippen molar-refractivity contribution in [1.29, 1.82) is 0 Å². The van der Waals surface area contributed by atoms with Crippen LogP contribution in [0, 0.1) is 19.3 Å². The summed E-state index contributed by atoms with van der Waals surface area (Å²) in [5, 5.41) is 2.93. The number of likely N-dealkylation sites (N-methyl/N-ethyl adjacent to an activating group) is 1. The van der Waals surface area contributed by atoms with Gasteiger partial charge in [0, 0.05) is 37.3 Å². The molecule has 0 spiro atoms. The summed E-state index contributed by atoms with van der Waals surface area (Å²) in [6.07, 6.45) is 1.41. The molecule has 1 aliphatic rings. The molecule has 186 valence electrons. The molecule has 1 fully saturated rings. The first kappa shape index (κ1) is 26.2. The van der Waals surface area contributed by atoms with Gasteiger partial charge in [-0.3, -0.25) is 4.79 Å². The largest absolute Gasteiger partial charge is 0.493 e. The summed E-state index contributed by atoms with van der Waals surface area (Å²) in [6.45, 7) is 10.8. The minimum Gasteiger partial charge on any atom is -0.493 e. The van der Waals surface area contributed by atoms with Gasteiger partial charge in [0.1, 0.15) is 5.75 Å². The van der Waals surface area contributed by atoms with E-state index in [0.29, 0.717) is 31.8 Å². The second-order valence-corrected chi connectivity index (χ2v) is 11.7. The van der Waals surface area contributed by atoms with Crippen LogP contribution in [0.2, 0.25) is 0 Å². The van der Waals surface area contributed by atoms with Gasteiger partial charge in [-0.05, 0) is 75.2 Å². The highest BCUT2D eigenvalue weighted by atomic mass is 32.2. The van der Waals surface area contributed by atoms with Gasteiger partial charge in [0.2, 0.25) is 15.9 Å². The second kappa shape index (κ2) is 10.9. The molecule has 0 atom stereocenters. The molecule has 1 aliphatic heterocycles. The van der Waals surface area contributed by atoms with Gasteiger partial charge < -0.3 is 15.0 Å². The third-order valence-corrected chi connectivity index (χ3v) is 8.29. The van der Waals surface area contributed by atoms with E-state index in [4.69, 9.17) is 4.74 Å². The topological polar surface area (TPSA) is 78.9 Å². The first-order chi connectivity index (χ1) is 16.0. The van der Waals surface area contributed by atoms with Crippen LogP contribution in [0.4, 0.5) is 5.69 Å². The first-order valence-corrected chi connectivity index (χ1v) is 13.2. The number of carbonyl (C=O) groups excluding carboxylic acids is 1. The summed E-state index contributed by atoms with van der Waals surface area (Å²) >= 11 is 0. The Balaban J connectivity index is 1.52. The zero-order valence-electron chi connectivity index (χ0n) is 20.9. The van der Waals surface area contributed by atoms with Crippen LogP contribution in [0.25, 0.3) is 0 Å². The molecule has 2 aromatic carbocycles. The van der Waals surface area contributed by atoms with E-state index in [1.54, 1.807) is 24.3 Å². The quantitative estimate of drug-likeness (QED) is 0.540. The summed E-state index contributed by atoms with van der Waals surface area (Å²) in [4.78, 5) is 15.2. The Kier molecular flexibility index (Phi) is 8.38. The van der Waals surface area contributed by atoms with Crippen molar-refractivity contribution in [3.63, 3.8) is 0 Å². The number of ether oxygens (including phenoxy) is 1. The van der Waals surface area contributed by atoms with E-state index < -0.39 is 15.4 Å². The number of aryl methyl sites for hydroxylation is 2. The summed E-state index contributed by atoms with van der Waals surface area (Å²) in [5.74, 6) is 0.780. The number of benzene rings is 2. The Morgan fingerprint density at radius 1 is 1.03 bits per heavy atom. The molecule has 1 N–H and O–H groups in total. The highest BCUT2D eigenvalue weighted by Crippen LogP contribution is 2.27. The van der Waals surface area contributed by atoms with E-state index in [1.807, 2.05) is 46.9 Å². The third kappa shape index (κ3) is 6.58. The SMILES string of the molecule is Cc1ccc(C)c(OCCCC(C)(C)C(=O)Nc2ccc(S(=O)(=O)N3CCN(C)CC3)cc2)c1. The Bertz CT molecular complexity index is 1090. The average Bonchev–Trinajstić information content (AvgIpc) is 2.79. The molecule has 3 rings (SSSR count). The number of carbonyl (C=O) groups is 1. The van der Waals surface area contributed by atoms with Crippen LogP contribution in [-0.2, 0) is 14.8 Å². The molecular weight excluding hydrogens is 450 g/mol. The number of hydrogen-bond donors (Lipinski definition) is 1. The zero-order chi connectivity index (χ0) is 24.9. The Morgan fingerprint density at radius 2 is 1.68 bits per heavy atom. The Hall–Kier alpha value is -2.42. The number of nitrogens with zero attached hydrogens (tertiary/aromatic N) is 2. The maximum Gasteiger partial charge on any atom is 0.243 e. The smallest absolute Gasteiger partial charge is 0.243 e. The minimum atomic E-state index is -3.52. The fraction of sp³-hybridized carbons (Fsp3) is 0.500. The Labute approximate surface area is 204 Å². The van der Waals surface area contributed by atoms with E-state index in [0.717, 1.165) is 36.4 Å². The molecule has 7 nitrogen and oxygen atoms in total. The molecule has 0 aromatic heterocycles. The number of hydrogen-bond acceptors (Lipinski definition) is 5. The number of rotatable bonds is 9. The summed E-state index contributed by atoms with van der Waals surface area (Å²) < 4.78 is 33.2. The monoisotopic (exact) mass is 487 g/mol. The predicted octanol–water partition coefficient (Wildman–Crippen LogP) is 4.06. The van der Waals surface area contributed by atoms with Crippen molar-refractivity contribution in [1.82, 2.24) is 9.21 Å².